The van der Waals surface area contributed by atoms with Gasteiger partial charge in [0.2, 0.25) is 11.8 Å². The van der Waals surface area contributed by atoms with Crippen LogP contribution in [0.1, 0.15) is 50.3 Å². The van der Waals surface area contributed by atoms with Crippen molar-refractivity contribution >= 4 is 11.8 Å². The summed E-state index contributed by atoms with van der Waals surface area (Å²) in [6, 6.07) is 12.2. The van der Waals surface area contributed by atoms with Crippen molar-refractivity contribution in [3.63, 3.8) is 0 Å². The van der Waals surface area contributed by atoms with Crippen LogP contribution >= 0.6 is 0 Å². The minimum absolute atomic E-state index is 0.205. The van der Waals surface area contributed by atoms with Gasteiger partial charge in [0.05, 0.1) is 0 Å². The van der Waals surface area contributed by atoms with E-state index in [9.17, 15) is 9.59 Å². The quantitative estimate of drug-likeness (QED) is 0.775. The molecule has 2 fully saturated rings. The monoisotopic (exact) mass is 422 g/mol. The molecule has 1 aromatic heterocycles. The smallest absolute Gasteiger partial charge is 0.228 e. The van der Waals surface area contributed by atoms with E-state index in [2.05, 4.69) is 34.2 Å². The van der Waals surface area contributed by atoms with Crippen molar-refractivity contribution in [1.29, 1.82) is 0 Å². The summed E-state index contributed by atoms with van der Waals surface area (Å²) >= 11 is 0. The molecular formula is C25H34N4O2. The lowest BCUT2D eigenvalue weighted by molar-refractivity contribution is -0.148. The zero-order valence-electron chi connectivity index (χ0n) is 18.6. The van der Waals surface area contributed by atoms with E-state index in [1.165, 1.54) is 5.56 Å². The first-order valence-corrected chi connectivity index (χ1v) is 11.6. The van der Waals surface area contributed by atoms with Gasteiger partial charge >= 0.3 is 0 Å². The topological polar surface area (TPSA) is 69.3 Å². The third kappa shape index (κ3) is 5.35. The molecule has 2 saturated heterocycles. The normalized spacial score (nSPS) is 21.1. The average Bonchev–Trinajstić information content (AvgIpc) is 3.31. The summed E-state index contributed by atoms with van der Waals surface area (Å²) in [5.74, 6) is 0.968. The molecule has 2 aromatic rings. The van der Waals surface area contributed by atoms with Gasteiger partial charge in [-0.15, -0.1) is 0 Å². The summed E-state index contributed by atoms with van der Waals surface area (Å²) in [7, 11) is 0. The first kappa shape index (κ1) is 21.6. The maximum absolute atomic E-state index is 13.4. The molecule has 0 unspecified atom stereocenters. The summed E-state index contributed by atoms with van der Waals surface area (Å²) < 4.78 is 0. The van der Waals surface area contributed by atoms with Crippen molar-refractivity contribution in [3.8, 4) is 0 Å². The van der Waals surface area contributed by atoms with Gasteiger partial charge in [-0.1, -0.05) is 37.3 Å². The molecule has 6 heteroatoms. The second-order valence-corrected chi connectivity index (χ2v) is 9.47. The highest BCUT2D eigenvalue weighted by Gasteiger charge is 2.41. The molecule has 31 heavy (non-hydrogen) atoms. The number of rotatable bonds is 6. The van der Waals surface area contributed by atoms with Crippen LogP contribution in [0.2, 0.25) is 0 Å². The Labute approximate surface area is 185 Å². The predicted octanol–water partition coefficient (Wildman–Crippen LogP) is 3.45. The number of piperidine rings is 2. The molecule has 6 nitrogen and oxygen atoms in total. The Morgan fingerprint density at radius 3 is 2.58 bits per heavy atom. The Kier molecular flexibility index (Phi) is 6.73. The molecule has 2 aliphatic heterocycles. The first-order valence-electron chi connectivity index (χ1n) is 11.6. The van der Waals surface area contributed by atoms with Crippen LogP contribution in [0, 0.1) is 11.3 Å². The minimum atomic E-state index is -0.355. The number of nitrogens with zero attached hydrogens (tertiary/aromatic N) is 3. The fraction of sp³-hybridized carbons (Fsp3) is 0.560. The molecule has 0 radical (unpaired) electrons. The van der Waals surface area contributed by atoms with Crippen LogP contribution in [0.4, 0.5) is 0 Å². The van der Waals surface area contributed by atoms with Crippen LogP contribution in [-0.2, 0) is 22.4 Å². The van der Waals surface area contributed by atoms with Gasteiger partial charge in [-0.05, 0) is 56.1 Å². The van der Waals surface area contributed by atoms with E-state index in [1.807, 2.05) is 29.2 Å². The lowest BCUT2D eigenvalue weighted by atomic mass is 9.78. The van der Waals surface area contributed by atoms with Crippen molar-refractivity contribution in [2.45, 2.75) is 51.9 Å². The van der Waals surface area contributed by atoms with Crippen molar-refractivity contribution in [2.24, 2.45) is 11.3 Å². The molecule has 2 amide bonds. The Hall–Kier alpha value is -2.63. The number of nitrogens with one attached hydrogen (secondary N) is 1. The van der Waals surface area contributed by atoms with E-state index in [0.29, 0.717) is 25.4 Å². The SMILES string of the molecule is CC1(C(=O)N2CCC[C@@H](Cc3ccn[nH]3)C2)CCN(C(=O)CCc2ccccc2)CC1. The molecular weight excluding hydrogens is 388 g/mol. The predicted molar refractivity (Wildman–Crippen MR) is 120 cm³/mol. The highest BCUT2D eigenvalue weighted by Crippen LogP contribution is 2.35. The van der Waals surface area contributed by atoms with Crippen molar-refractivity contribution in [3.05, 3.63) is 53.9 Å². The maximum atomic E-state index is 13.4. The average molecular weight is 423 g/mol. The standard InChI is InChI=1S/C25H34N4O2/c1-25(24(31)29-15-5-8-21(19-29)18-22-11-14-26-27-22)12-16-28(17-13-25)23(30)10-9-20-6-3-2-4-7-20/h2-4,6-7,11,14,21H,5,8-10,12-13,15-19H2,1H3,(H,26,27)/t21-/m0/s1. The first-order chi connectivity index (χ1) is 15.0. The Balaban J connectivity index is 1.27. The third-order valence-electron chi connectivity index (χ3n) is 7.08. The number of carbonyl (C=O) groups excluding carboxylic acids is 2. The zero-order chi connectivity index (χ0) is 21.7. The summed E-state index contributed by atoms with van der Waals surface area (Å²) in [5.41, 5.74) is 1.99. The van der Waals surface area contributed by atoms with Crippen LogP contribution in [-0.4, -0.2) is 58.0 Å². The molecule has 0 aliphatic carbocycles. The molecule has 2 aliphatic rings. The number of benzene rings is 1. The summed E-state index contributed by atoms with van der Waals surface area (Å²) in [5, 5.41) is 7.08. The number of aromatic nitrogens is 2. The number of H-pyrrole nitrogens is 1. The van der Waals surface area contributed by atoms with Gasteiger partial charge < -0.3 is 9.80 Å². The van der Waals surface area contributed by atoms with Crippen LogP contribution in [0.25, 0.3) is 0 Å². The second-order valence-electron chi connectivity index (χ2n) is 9.47. The van der Waals surface area contributed by atoms with Crippen molar-refractivity contribution < 1.29 is 9.59 Å². The van der Waals surface area contributed by atoms with Crippen LogP contribution in [0.3, 0.4) is 0 Å². The highest BCUT2D eigenvalue weighted by atomic mass is 16.2. The highest BCUT2D eigenvalue weighted by molar-refractivity contribution is 5.83. The van der Waals surface area contributed by atoms with Crippen LogP contribution < -0.4 is 0 Å². The van der Waals surface area contributed by atoms with Crippen LogP contribution in [0.5, 0.6) is 0 Å². The lowest BCUT2D eigenvalue weighted by Gasteiger charge is -2.43. The largest absolute Gasteiger partial charge is 0.343 e. The van der Waals surface area contributed by atoms with Gasteiger partial charge in [0.1, 0.15) is 0 Å². The Bertz CT molecular complexity index is 857. The Morgan fingerprint density at radius 2 is 1.87 bits per heavy atom. The fourth-order valence-electron chi connectivity index (χ4n) is 5.02. The van der Waals surface area contributed by atoms with Gasteiger partial charge in [-0.25, -0.2) is 0 Å². The number of amides is 2. The second kappa shape index (κ2) is 9.67. The summed E-state index contributed by atoms with van der Waals surface area (Å²) in [6.07, 6.45) is 7.78. The molecule has 0 saturated carbocycles. The van der Waals surface area contributed by atoms with Crippen molar-refractivity contribution in [2.75, 3.05) is 26.2 Å². The number of hydrogen-bond donors (Lipinski definition) is 1. The van der Waals surface area contributed by atoms with Gasteiger partial charge in [-0.3, -0.25) is 14.7 Å². The fourth-order valence-corrected chi connectivity index (χ4v) is 5.02. The van der Waals surface area contributed by atoms with Crippen LogP contribution in [0.15, 0.2) is 42.6 Å². The zero-order valence-corrected chi connectivity index (χ0v) is 18.6. The van der Waals surface area contributed by atoms with E-state index >= 15 is 0 Å². The van der Waals surface area contributed by atoms with Crippen molar-refractivity contribution in [1.82, 2.24) is 20.0 Å². The molecule has 1 atom stereocenters. The minimum Gasteiger partial charge on any atom is -0.343 e. The molecule has 166 valence electrons. The third-order valence-corrected chi connectivity index (χ3v) is 7.08. The van der Waals surface area contributed by atoms with E-state index in [-0.39, 0.29) is 17.2 Å². The molecule has 0 bridgehead atoms. The summed E-state index contributed by atoms with van der Waals surface area (Å²) in [6.45, 7) is 5.14. The van der Waals surface area contributed by atoms with E-state index < -0.39 is 0 Å². The van der Waals surface area contributed by atoms with Gasteiger partial charge in [-0.2, -0.15) is 5.10 Å². The Morgan fingerprint density at radius 1 is 1.10 bits per heavy atom. The molecule has 1 aromatic carbocycles. The molecule has 3 heterocycles. The molecule has 0 spiro atoms. The number of aromatic amines is 1. The number of likely N-dealkylation sites (tertiary alicyclic amines) is 2. The van der Waals surface area contributed by atoms with Gasteiger partial charge in [0.25, 0.3) is 0 Å². The van der Waals surface area contributed by atoms with E-state index in [0.717, 1.165) is 57.3 Å². The summed E-state index contributed by atoms with van der Waals surface area (Å²) in [4.78, 5) is 30.1. The molecule has 1 N–H and O–H groups in total. The van der Waals surface area contributed by atoms with Gasteiger partial charge in [0, 0.05) is 49.9 Å². The molecule has 4 rings (SSSR count). The van der Waals surface area contributed by atoms with Gasteiger partial charge in [0.15, 0.2) is 0 Å². The lowest BCUT2D eigenvalue weighted by Crippen LogP contribution is -2.52. The number of hydrogen-bond acceptors (Lipinski definition) is 3. The van der Waals surface area contributed by atoms with E-state index in [1.54, 1.807) is 6.20 Å². The maximum Gasteiger partial charge on any atom is 0.228 e. The number of carbonyl (C=O) groups is 2. The number of aryl methyl sites for hydroxylation is 1. The van der Waals surface area contributed by atoms with E-state index in [4.69, 9.17) is 0 Å².